The van der Waals surface area contributed by atoms with E-state index in [4.69, 9.17) is 9.73 Å². The van der Waals surface area contributed by atoms with Gasteiger partial charge in [-0.1, -0.05) is 43.7 Å². The van der Waals surface area contributed by atoms with Crippen LogP contribution in [0.15, 0.2) is 65.8 Å². The summed E-state index contributed by atoms with van der Waals surface area (Å²) in [5, 5.41) is 14.8. The molecule has 2 aromatic carbocycles. The van der Waals surface area contributed by atoms with Crippen molar-refractivity contribution in [2.75, 3.05) is 13.2 Å². The van der Waals surface area contributed by atoms with E-state index in [0.29, 0.717) is 38.4 Å². The van der Waals surface area contributed by atoms with E-state index in [9.17, 15) is 4.79 Å². The Balaban J connectivity index is 1.30. The van der Waals surface area contributed by atoms with Crippen LogP contribution in [-0.2, 0) is 16.1 Å². The van der Waals surface area contributed by atoms with Gasteiger partial charge in [0.1, 0.15) is 11.4 Å². The van der Waals surface area contributed by atoms with Crippen LogP contribution >= 0.6 is 0 Å². The lowest BCUT2D eigenvalue weighted by Crippen LogP contribution is -2.45. The van der Waals surface area contributed by atoms with Crippen LogP contribution in [0, 0.1) is 6.92 Å². The molecule has 9 nitrogen and oxygen atoms in total. The number of nitrogens with one attached hydrogen (secondary N) is 1. The van der Waals surface area contributed by atoms with Crippen LogP contribution in [0.4, 0.5) is 0 Å². The molecule has 1 N–H and O–H groups in total. The van der Waals surface area contributed by atoms with Crippen molar-refractivity contribution in [1.29, 1.82) is 0 Å². The van der Waals surface area contributed by atoms with Gasteiger partial charge in [-0.25, -0.2) is 0 Å². The van der Waals surface area contributed by atoms with E-state index < -0.39 is 5.54 Å². The van der Waals surface area contributed by atoms with E-state index in [1.54, 1.807) is 0 Å². The highest BCUT2D eigenvalue weighted by molar-refractivity contribution is 6.08. The molecule has 9 heteroatoms. The molecule has 2 aromatic heterocycles. The number of unbranched alkanes of at least 4 members (excludes halogenated alkanes) is 1. The van der Waals surface area contributed by atoms with E-state index in [0.717, 1.165) is 64.2 Å². The number of pyridine rings is 1. The molecular formula is C31H33N7O2. The van der Waals surface area contributed by atoms with Gasteiger partial charge in [0.05, 0.1) is 12.2 Å². The molecule has 0 saturated carbocycles. The van der Waals surface area contributed by atoms with Crippen molar-refractivity contribution in [1.82, 2.24) is 30.5 Å². The predicted octanol–water partition coefficient (Wildman–Crippen LogP) is 5.38. The summed E-state index contributed by atoms with van der Waals surface area (Å²) in [4.78, 5) is 25.1. The fourth-order valence-electron chi connectivity index (χ4n) is 5.53. The monoisotopic (exact) mass is 535 g/mol. The maximum absolute atomic E-state index is 13.6. The Morgan fingerprint density at radius 2 is 1.80 bits per heavy atom. The van der Waals surface area contributed by atoms with E-state index in [-0.39, 0.29) is 5.91 Å². The third-order valence-corrected chi connectivity index (χ3v) is 7.79. The summed E-state index contributed by atoms with van der Waals surface area (Å²) >= 11 is 0. The molecular weight excluding hydrogens is 502 g/mol. The molecule has 2 aliphatic heterocycles. The molecule has 0 bridgehead atoms. The Morgan fingerprint density at radius 3 is 2.52 bits per heavy atom. The van der Waals surface area contributed by atoms with Crippen molar-refractivity contribution in [3.63, 3.8) is 0 Å². The largest absolute Gasteiger partial charge is 0.381 e. The molecule has 0 radical (unpaired) electrons. The van der Waals surface area contributed by atoms with Crippen molar-refractivity contribution in [3.8, 4) is 33.8 Å². The number of aromatic nitrogens is 5. The molecule has 4 aromatic rings. The number of H-pyrrole nitrogens is 1. The van der Waals surface area contributed by atoms with E-state index in [1.807, 2.05) is 29.3 Å². The van der Waals surface area contributed by atoms with Crippen LogP contribution in [0.5, 0.6) is 0 Å². The maximum atomic E-state index is 13.6. The number of ether oxygens (including phenoxy) is 1. The van der Waals surface area contributed by atoms with E-state index >= 15 is 0 Å². The Kier molecular flexibility index (Phi) is 7.21. The first-order chi connectivity index (χ1) is 19.6. The molecule has 6 rings (SSSR count). The number of aromatic amines is 1. The Bertz CT molecular complexity index is 1520. The number of benzene rings is 2. The number of carbonyl (C=O) groups excluding carboxylic acids is 1. The molecule has 0 aliphatic carbocycles. The molecule has 1 saturated heterocycles. The van der Waals surface area contributed by atoms with Crippen molar-refractivity contribution in [3.05, 3.63) is 71.9 Å². The minimum absolute atomic E-state index is 0.115. The molecule has 4 heterocycles. The van der Waals surface area contributed by atoms with Gasteiger partial charge in [0.15, 0.2) is 0 Å². The number of tetrazole rings is 1. The van der Waals surface area contributed by atoms with Gasteiger partial charge in [-0.2, -0.15) is 5.21 Å². The number of hydrogen-bond acceptors (Lipinski definition) is 7. The zero-order chi connectivity index (χ0) is 27.5. The minimum atomic E-state index is -0.648. The summed E-state index contributed by atoms with van der Waals surface area (Å²) in [7, 11) is 0. The second-order valence-corrected chi connectivity index (χ2v) is 10.6. The number of aliphatic imine (C=N–C) groups is 1. The molecule has 1 fully saturated rings. The van der Waals surface area contributed by atoms with Gasteiger partial charge in [-0.15, -0.1) is 10.2 Å². The highest BCUT2D eigenvalue weighted by Gasteiger charge is 2.48. The number of nitrogens with zero attached hydrogens (tertiary/aromatic N) is 6. The molecule has 0 unspecified atom stereocenters. The summed E-state index contributed by atoms with van der Waals surface area (Å²) in [6.45, 7) is 5.90. The summed E-state index contributed by atoms with van der Waals surface area (Å²) in [6.07, 6.45) is 6.03. The summed E-state index contributed by atoms with van der Waals surface area (Å²) < 4.78 is 5.55. The molecule has 1 spiro atoms. The first-order valence-electron chi connectivity index (χ1n) is 13.9. The normalized spacial score (nSPS) is 16.5. The molecule has 2 aliphatic rings. The number of rotatable bonds is 8. The zero-order valence-electron chi connectivity index (χ0n) is 22.9. The van der Waals surface area contributed by atoms with Crippen LogP contribution in [0.25, 0.3) is 33.8 Å². The zero-order valence-corrected chi connectivity index (χ0v) is 22.9. The third-order valence-electron chi connectivity index (χ3n) is 7.79. The Labute approximate surface area is 233 Å². The number of hydrogen-bond donors (Lipinski definition) is 1. The van der Waals surface area contributed by atoms with Gasteiger partial charge in [0.25, 0.3) is 5.91 Å². The van der Waals surface area contributed by atoms with Gasteiger partial charge in [-0.3, -0.25) is 19.7 Å². The van der Waals surface area contributed by atoms with Crippen LogP contribution in [0.2, 0.25) is 0 Å². The number of amidine groups is 1. The SMILES string of the molecule is CCCCC1=NC2(CCOCC2)C(=O)N1Cc1ccc(-c2cc(-c3cc(C)ccn3)ccc2-c2nn[nH]n2)cc1. The lowest BCUT2D eigenvalue weighted by molar-refractivity contribution is -0.134. The van der Waals surface area contributed by atoms with Gasteiger partial charge in [-0.05, 0) is 65.1 Å². The van der Waals surface area contributed by atoms with Crippen molar-refractivity contribution < 1.29 is 9.53 Å². The number of amides is 1. The third kappa shape index (κ3) is 5.04. The Morgan fingerprint density at radius 1 is 1.00 bits per heavy atom. The molecule has 1 amide bonds. The van der Waals surface area contributed by atoms with Gasteiger partial charge in [0.2, 0.25) is 5.82 Å². The van der Waals surface area contributed by atoms with Crippen LogP contribution in [-0.4, -0.2) is 61.0 Å². The van der Waals surface area contributed by atoms with Crippen LogP contribution in [0.1, 0.15) is 50.2 Å². The van der Waals surface area contributed by atoms with Crippen LogP contribution in [0.3, 0.4) is 0 Å². The molecule has 204 valence electrons. The highest BCUT2D eigenvalue weighted by Crippen LogP contribution is 2.36. The molecule has 40 heavy (non-hydrogen) atoms. The average molecular weight is 536 g/mol. The van der Waals surface area contributed by atoms with Crippen molar-refractivity contribution >= 4 is 11.7 Å². The quantitative estimate of drug-likeness (QED) is 0.324. The van der Waals surface area contributed by atoms with Crippen LogP contribution < -0.4 is 0 Å². The lowest BCUT2D eigenvalue weighted by atomic mass is 9.90. The topological polar surface area (TPSA) is 109 Å². The van der Waals surface area contributed by atoms with Gasteiger partial charge >= 0.3 is 0 Å². The van der Waals surface area contributed by atoms with Gasteiger partial charge < -0.3 is 4.74 Å². The first kappa shape index (κ1) is 26.0. The number of carbonyl (C=O) groups is 1. The standard InChI is InChI=1S/C31H33N7O2/c1-3-4-5-28-33-31(13-16-40-17-14-31)30(39)38(28)20-22-6-8-23(9-7-22)26-19-24(27-18-21(2)12-15-32-27)10-11-25(26)29-34-36-37-35-29/h6-12,15,18-19H,3-5,13-14,16-17,20H2,1-2H3,(H,34,35,36,37). The average Bonchev–Trinajstić information content (AvgIpc) is 3.61. The Hall–Kier alpha value is -4.24. The van der Waals surface area contributed by atoms with E-state index in [1.165, 1.54) is 0 Å². The molecule has 0 atom stereocenters. The number of aryl methyl sites for hydroxylation is 1. The minimum Gasteiger partial charge on any atom is -0.381 e. The fraction of sp³-hybridized carbons (Fsp3) is 0.355. The second-order valence-electron chi connectivity index (χ2n) is 10.6. The van der Waals surface area contributed by atoms with Crippen molar-refractivity contribution in [2.45, 2.75) is 58.0 Å². The predicted molar refractivity (Wildman–Crippen MR) is 153 cm³/mol. The summed E-state index contributed by atoms with van der Waals surface area (Å²) in [5.41, 5.74) is 6.36. The lowest BCUT2D eigenvalue weighted by Gasteiger charge is -2.29. The van der Waals surface area contributed by atoms with Crippen molar-refractivity contribution in [2.24, 2.45) is 4.99 Å². The highest BCUT2D eigenvalue weighted by atomic mass is 16.5. The maximum Gasteiger partial charge on any atom is 0.256 e. The van der Waals surface area contributed by atoms with Gasteiger partial charge in [0, 0.05) is 49.8 Å². The fourth-order valence-corrected chi connectivity index (χ4v) is 5.53. The first-order valence-corrected chi connectivity index (χ1v) is 13.9. The smallest absolute Gasteiger partial charge is 0.256 e. The second kappa shape index (κ2) is 11.1. The summed E-state index contributed by atoms with van der Waals surface area (Å²) in [5.74, 6) is 1.56. The van der Waals surface area contributed by atoms with E-state index in [2.05, 4.69) is 75.9 Å². The summed E-state index contributed by atoms with van der Waals surface area (Å²) in [6, 6.07) is 18.6.